The van der Waals surface area contributed by atoms with Crippen LogP contribution in [0.3, 0.4) is 0 Å². The van der Waals surface area contributed by atoms with Crippen LogP contribution < -0.4 is 11.9 Å². The van der Waals surface area contributed by atoms with Crippen molar-refractivity contribution < 1.29 is 9.90 Å². The van der Waals surface area contributed by atoms with Crippen LogP contribution >= 0.6 is 7.26 Å². The number of carboxylic acid groups (broad SMARTS) is 1. The van der Waals surface area contributed by atoms with E-state index in [0.29, 0.717) is 0 Å². The average molecular weight is 310 g/mol. The summed E-state index contributed by atoms with van der Waals surface area (Å²) in [7, 11) is -0.812. The van der Waals surface area contributed by atoms with Gasteiger partial charge in [-0.05, 0) is 0 Å². The van der Waals surface area contributed by atoms with E-state index in [2.05, 4.69) is 33.2 Å². The number of hydrogen-bond donors (Lipinski definition) is 3. The van der Waals surface area contributed by atoms with Crippen LogP contribution in [0.5, 0.6) is 0 Å². The normalized spacial score (nSPS) is 11.1. The van der Waals surface area contributed by atoms with Crippen molar-refractivity contribution in [2.24, 2.45) is 5.73 Å². The molecule has 0 aliphatic heterocycles. The van der Waals surface area contributed by atoms with E-state index in [0.717, 1.165) is 0 Å². The van der Waals surface area contributed by atoms with E-state index in [4.69, 9.17) is 5.11 Å². The summed E-state index contributed by atoms with van der Waals surface area (Å²) in [6.45, 7) is 9.35. The number of aliphatic carboxylic acids is 1. The molecule has 20 heavy (non-hydrogen) atoms. The van der Waals surface area contributed by atoms with Crippen LogP contribution in [-0.2, 0) is 4.79 Å². The molecule has 0 spiro atoms. The molecule has 0 unspecified atom stereocenters. The quantitative estimate of drug-likeness (QED) is 0.532. The molecule has 0 atom stereocenters. The Morgan fingerprint density at radius 1 is 0.950 bits per heavy atom. The number of nitrogens with two attached hydrogens (primary N) is 1. The maximum Gasteiger partial charge on any atom is 0.317 e. The molecule has 0 rings (SSSR count). The number of carboxylic acids is 1. The fourth-order valence-electron chi connectivity index (χ4n) is 2.19. The first kappa shape index (κ1) is 24.8. The van der Waals surface area contributed by atoms with E-state index in [1.807, 2.05) is 0 Å². The van der Waals surface area contributed by atoms with E-state index < -0.39 is 13.2 Å². The van der Waals surface area contributed by atoms with Gasteiger partial charge < -0.3 is 17.0 Å². The van der Waals surface area contributed by atoms with Gasteiger partial charge in [0, 0.05) is 0 Å². The molecule has 4 nitrogen and oxygen atoms in total. The first-order valence-electron chi connectivity index (χ1n) is 7.87. The fraction of sp³-hybridized carbons (Fsp3) is 0.933. The molecule has 0 aromatic heterocycles. The third-order valence-corrected chi connectivity index (χ3v) is 8.26. The minimum absolute atomic E-state index is 0. The topological polar surface area (TPSA) is 98.3 Å². The second-order valence-corrected chi connectivity index (χ2v) is 10.8. The standard InChI is InChI=1S/C13H31P.C2H5NO2.H3N/c1-5-8-11-14(4,12-9-6-2)13-10-7-3;3-1-2(4)5;/h14H,5-13H2,1-4H3;1,3H2,(H,4,5);1H3. The number of carbonyl (C=O) groups is 1. The van der Waals surface area contributed by atoms with Gasteiger partial charge in [0.15, 0.2) is 0 Å². The Morgan fingerprint density at radius 3 is 1.35 bits per heavy atom. The van der Waals surface area contributed by atoms with E-state index >= 15 is 0 Å². The first-order valence-corrected chi connectivity index (χ1v) is 11.0. The van der Waals surface area contributed by atoms with Crippen LogP contribution in [0.2, 0.25) is 0 Å². The number of rotatable bonds is 10. The third kappa shape index (κ3) is 17.8. The van der Waals surface area contributed by atoms with Crippen LogP contribution in [0, 0.1) is 0 Å². The van der Waals surface area contributed by atoms with E-state index in [1.165, 1.54) is 38.5 Å². The van der Waals surface area contributed by atoms with Crippen molar-refractivity contribution in [3.05, 3.63) is 0 Å². The van der Waals surface area contributed by atoms with Crippen molar-refractivity contribution in [2.75, 3.05) is 31.7 Å². The molecule has 0 heterocycles. The van der Waals surface area contributed by atoms with Gasteiger partial charge in [-0.2, -0.15) is 0 Å². The van der Waals surface area contributed by atoms with Gasteiger partial charge in [-0.3, -0.25) is 4.79 Å². The molecule has 6 N–H and O–H groups in total. The summed E-state index contributed by atoms with van der Waals surface area (Å²) in [6.07, 6.45) is 13.4. The van der Waals surface area contributed by atoms with Crippen LogP contribution in [-0.4, -0.2) is 42.8 Å². The van der Waals surface area contributed by atoms with E-state index in [9.17, 15) is 4.79 Å². The molecule has 0 fully saturated rings. The Labute approximate surface area is 126 Å². The summed E-state index contributed by atoms with van der Waals surface area (Å²) in [5, 5.41) is 7.60. The average Bonchev–Trinajstić information content (AvgIpc) is 2.41. The molecule has 0 bridgehead atoms. The maximum absolute atomic E-state index is 9.24. The minimum atomic E-state index is -0.968. The largest absolute Gasteiger partial charge is 0.480 e. The molecule has 0 aliphatic rings. The summed E-state index contributed by atoms with van der Waals surface area (Å²) in [6, 6.07) is 0. The monoisotopic (exact) mass is 310 g/mol. The fourth-order valence-corrected chi connectivity index (χ4v) is 6.56. The van der Waals surface area contributed by atoms with Crippen molar-refractivity contribution >= 4 is 13.2 Å². The van der Waals surface area contributed by atoms with Crippen LogP contribution in [0.25, 0.3) is 0 Å². The van der Waals surface area contributed by atoms with Crippen molar-refractivity contribution in [1.82, 2.24) is 6.15 Å². The molecule has 0 amide bonds. The van der Waals surface area contributed by atoms with Gasteiger partial charge in [-0.1, -0.05) is 0 Å². The molecule has 126 valence electrons. The van der Waals surface area contributed by atoms with Gasteiger partial charge in [-0.15, -0.1) is 0 Å². The summed E-state index contributed by atoms with van der Waals surface area (Å²) >= 11 is 0. The second-order valence-electron chi connectivity index (χ2n) is 5.72. The summed E-state index contributed by atoms with van der Waals surface area (Å²) in [5.74, 6) is -0.968. The summed E-state index contributed by atoms with van der Waals surface area (Å²) in [5.41, 5.74) is 4.57. The number of unbranched alkanes of at least 4 members (excludes halogenated alkanes) is 3. The van der Waals surface area contributed by atoms with Crippen molar-refractivity contribution in [3.8, 4) is 0 Å². The second kappa shape index (κ2) is 16.9. The Kier molecular flexibility index (Phi) is 20.9. The molecular weight excluding hydrogens is 271 g/mol. The van der Waals surface area contributed by atoms with Crippen molar-refractivity contribution in [1.29, 1.82) is 0 Å². The van der Waals surface area contributed by atoms with Gasteiger partial charge in [0.25, 0.3) is 0 Å². The van der Waals surface area contributed by atoms with Crippen molar-refractivity contribution in [3.63, 3.8) is 0 Å². The number of hydrogen-bond acceptors (Lipinski definition) is 3. The first-order chi connectivity index (χ1) is 8.95. The Bertz CT molecular complexity index is 192. The molecular formula is C15H39N2O2P. The minimum Gasteiger partial charge on any atom is -0.480 e. The molecule has 5 heteroatoms. The third-order valence-electron chi connectivity index (χ3n) is 3.58. The van der Waals surface area contributed by atoms with Gasteiger partial charge in [0.1, 0.15) is 0 Å². The zero-order chi connectivity index (χ0) is 15.1. The van der Waals surface area contributed by atoms with E-state index in [-0.39, 0.29) is 12.7 Å². The summed E-state index contributed by atoms with van der Waals surface area (Å²) in [4.78, 5) is 9.24. The SMILES string of the molecule is CCCC[PH](C)(CCCC)CCCC.N.NCC(=O)O. The molecule has 0 aliphatic carbocycles. The maximum atomic E-state index is 9.24. The zero-order valence-electron chi connectivity index (χ0n) is 14.2. The van der Waals surface area contributed by atoms with Gasteiger partial charge >= 0.3 is 97.7 Å². The molecule has 0 saturated carbocycles. The Balaban J connectivity index is -0.000000414. The van der Waals surface area contributed by atoms with Crippen LogP contribution in [0.4, 0.5) is 0 Å². The Hall–Kier alpha value is -0.180. The van der Waals surface area contributed by atoms with Crippen LogP contribution in [0.1, 0.15) is 59.3 Å². The predicted molar refractivity (Wildman–Crippen MR) is 95.3 cm³/mol. The molecule has 0 radical (unpaired) electrons. The molecule has 0 aromatic carbocycles. The Morgan fingerprint density at radius 2 is 1.20 bits per heavy atom. The molecule has 0 saturated heterocycles. The van der Waals surface area contributed by atoms with Gasteiger partial charge in [0.05, 0.1) is 6.54 Å². The van der Waals surface area contributed by atoms with Gasteiger partial charge in [0.2, 0.25) is 0 Å². The smallest absolute Gasteiger partial charge is 0.317 e. The zero-order valence-corrected chi connectivity index (χ0v) is 15.2. The van der Waals surface area contributed by atoms with Gasteiger partial charge in [-0.25, -0.2) is 0 Å². The van der Waals surface area contributed by atoms with E-state index in [1.54, 1.807) is 18.5 Å². The summed E-state index contributed by atoms with van der Waals surface area (Å²) < 4.78 is 0. The molecule has 0 aromatic rings. The van der Waals surface area contributed by atoms with Crippen LogP contribution in [0.15, 0.2) is 0 Å². The predicted octanol–water partition coefficient (Wildman–Crippen LogP) is 3.96. The van der Waals surface area contributed by atoms with Crippen molar-refractivity contribution in [2.45, 2.75) is 59.3 Å².